The Labute approximate surface area is 132 Å². The van der Waals surface area contributed by atoms with E-state index < -0.39 is 16.5 Å². The van der Waals surface area contributed by atoms with E-state index in [2.05, 4.69) is 4.98 Å². The van der Waals surface area contributed by atoms with Gasteiger partial charge in [-0.2, -0.15) is 5.26 Å². The molecule has 0 spiro atoms. The Hall–Kier alpha value is -3.53. The third-order valence-corrected chi connectivity index (χ3v) is 2.76. The molecule has 0 fully saturated rings. The van der Waals surface area contributed by atoms with Crippen molar-refractivity contribution in [3.05, 3.63) is 75.6 Å². The van der Waals surface area contributed by atoms with Gasteiger partial charge < -0.3 is 5.11 Å². The molecule has 0 radical (unpaired) electrons. The highest BCUT2D eigenvalue weighted by molar-refractivity contribution is 5.96. The molecule has 0 saturated heterocycles. The van der Waals surface area contributed by atoms with Crippen molar-refractivity contribution in [1.82, 2.24) is 4.98 Å². The van der Waals surface area contributed by atoms with Crippen LogP contribution in [-0.2, 0) is 4.79 Å². The summed E-state index contributed by atoms with van der Waals surface area (Å²) in [5, 5.41) is 27.9. The fourth-order valence-corrected chi connectivity index (χ4v) is 1.60. The summed E-state index contributed by atoms with van der Waals surface area (Å²) in [5.41, 5.74) is 0.0969. The van der Waals surface area contributed by atoms with Crippen molar-refractivity contribution in [1.29, 1.82) is 5.26 Å². The number of nitro benzene ring substituents is 1. The predicted molar refractivity (Wildman–Crippen MR) is 83.3 cm³/mol. The number of benzene rings is 1. The Morgan fingerprint density at radius 3 is 2.35 bits per heavy atom. The van der Waals surface area contributed by atoms with Crippen molar-refractivity contribution in [2.75, 3.05) is 0 Å². The van der Waals surface area contributed by atoms with Crippen molar-refractivity contribution in [3.8, 4) is 6.07 Å². The lowest BCUT2D eigenvalue weighted by Crippen LogP contribution is -1.99. The van der Waals surface area contributed by atoms with E-state index in [1.165, 1.54) is 31.2 Å². The number of rotatable bonds is 3. The van der Waals surface area contributed by atoms with Gasteiger partial charge in [0.2, 0.25) is 0 Å². The molecule has 7 heteroatoms. The van der Waals surface area contributed by atoms with Crippen LogP contribution in [-0.4, -0.2) is 21.0 Å². The number of nitro groups is 1. The number of carbonyl (C=O) groups is 1. The number of aromatic nitrogens is 1. The molecule has 23 heavy (non-hydrogen) atoms. The highest BCUT2D eigenvalue weighted by Gasteiger charge is 2.13. The lowest BCUT2D eigenvalue weighted by molar-refractivity contribution is -0.385. The maximum absolute atomic E-state index is 10.7. The number of pyridine rings is 1. The van der Waals surface area contributed by atoms with Gasteiger partial charge in [0.15, 0.2) is 0 Å². The van der Waals surface area contributed by atoms with Gasteiger partial charge in [-0.25, -0.2) is 4.79 Å². The molecular formula is C16H13N3O4. The number of nitrogens with zero attached hydrogens (tertiary/aromatic N) is 3. The summed E-state index contributed by atoms with van der Waals surface area (Å²) in [4.78, 5) is 24.5. The smallest absolute Gasteiger partial charge is 0.346 e. The van der Waals surface area contributed by atoms with Gasteiger partial charge in [0.1, 0.15) is 11.6 Å². The lowest BCUT2D eigenvalue weighted by Gasteiger charge is -2.01. The van der Waals surface area contributed by atoms with Crippen LogP contribution in [0.5, 0.6) is 0 Å². The molecule has 0 aliphatic carbocycles. The molecule has 0 saturated carbocycles. The Morgan fingerprint density at radius 2 is 1.96 bits per heavy atom. The van der Waals surface area contributed by atoms with Crippen molar-refractivity contribution in [3.63, 3.8) is 0 Å². The van der Waals surface area contributed by atoms with E-state index in [-0.39, 0.29) is 5.69 Å². The van der Waals surface area contributed by atoms with Crippen molar-refractivity contribution in [2.24, 2.45) is 0 Å². The molecule has 0 bridgehead atoms. The van der Waals surface area contributed by atoms with Gasteiger partial charge in [-0.05, 0) is 30.7 Å². The first-order chi connectivity index (χ1) is 11.0. The molecule has 0 aliphatic rings. The predicted octanol–water partition coefficient (Wildman–Crippen LogP) is 2.98. The van der Waals surface area contributed by atoms with E-state index in [1.54, 1.807) is 12.4 Å². The Kier molecular flexibility index (Phi) is 6.62. The quantitative estimate of drug-likeness (QED) is 0.403. The average Bonchev–Trinajstić information content (AvgIpc) is 2.55. The second kappa shape index (κ2) is 8.69. The summed E-state index contributed by atoms with van der Waals surface area (Å²) in [6, 6.07) is 11.5. The second-order valence-electron chi connectivity index (χ2n) is 4.25. The topological polar surface area (TPSA) is 117 Å². The minimum atomic E-state index is -1.36. The van der Waals surface area contributed by atoms with E-state index in [1.807, 2.05) is 18.2 Å². The van der Waals surface area contributed by atoms with Crippen LogP contribution >= 0.6 is 0 Å². The second-order valence-corrected chi connectivity index (χ2v) is 4.25. The van der Waals surface area contributed by atoms with Crippen LogP contribution in [0.25, 0.3) is 6.08 Å². The van der Waals surface area contributed by atoms with Gasteiger partial charge >= 0.3 is 5.97 Å². The summed E-state index contributed by atoms with van der Waals surface area (Å²) in [6.45, 7) is 1.50. The first-order valence-corrected chi connectivity index (χ1v) is 6.41. The number of nitriles is 1. The highest BCUT2D eigenvalue weighted by atomic mass is 16.6. The lowest BCUT2D eigenvalue weighted by atomic mass is 10.0. The summed E-state index contributed by atoms with van der Waals surface area (Å²) < 4.78 is 0. The van der Waals surface area contributed by atoms with Crippen LogP contribution in [0.15, 0.2) is 54.4 Å². The highest BCUT2D eigenvalue weighted by Crippen LogP contribution is 2.22. The van der Waals surface area contributed by atoms with E-state index in [0.717, 1.165) is 6.08 Å². The van der Waals surface area contributed by atoms with Crippen molar-refractivity contribution < 1.29 is 14.8 Å². The molecule has 1 N–H and O–H groups in total. The van der Waals surface area contributed by atoms with Crippen LogP contribution in [0.4, 0.5) is 5.69 Å². The Bertz CT molecular complexity index is 738. The van der Waals surface area contributed by atoms with Gasteiger partial charge in [-0.3, -0.25) is 15.1 Å². The molecular weight excluding hydrogens is 298 g/mol. The van der Waals surface area contributed by atoms with E-state index in [0.29, 0.717) is 11.1 Å². The zero-order valence-corrected chi connectivity index (χ0v) is 12.2. The first-order valence-electron chi connectivity index (χ1n) is 6.41. The Balaban J connectivity index is 0.000000366. The van der Waals surface area contributed by atoms with E-state index in [4.69, 9.17) is 10.4 Å². The van der Waals surface area contributed by atoms with Gasteiger partial charge in [0.25, 0.3) is 5.69 Å². The summed E-state index contributed by atoms with van der Waals surface area (Å²) in [7, 11) is 0. The molecule has 116 valence electrons. The number of carboxylic acid groups (broad SMARTS) is 1. The maximum atomic E-state index is 10.7. The molecule has 0 amide bonds. The maximum Gasteiger partial charge on any atom is 0.346 e. The molecule has 7 nitrogen and oxygen atoms in total. The van der Waals surface area contributed by atoms with Crippen LogP contribution in [0.1, 0.15) is 11.1 Å². The van der Waals surface area contributed by atoms with Crippen LogP contribution < -0.4 is 0 Å². The van der Waals surface area contributed by atoms with Gasteiger partial charge in [-0.15, -0.1) is 0 Å². The summed E-state index contributed by atoms with van der Waals surface area (Å²) in [5.74, 6) is -1.36. The van der Waals surface area contributed by atoms with Crippen LogP contribution in [0.3, 0.4) is 0 Å². The summed E-state index contributed by atoms with van der Waals surface area (Å²) in [6.07, 6.45) is 4.62. The Morgan fingerprint density at radius 1 is 1.30 bits per heavy atom. The third kappa shape index (κ3) is 5.40. The average molecular weight is 311 g/mol. The van der Waals surface area contributed by atoms with Crippen LogP contribution in [0.2, 0.25) is 0 Å². The van der Waals surface area contributed by atoms with Crippen LogP contribution in [0, 0.1) is 28.4 Å². The standard InChI is InChI=1S/C11H8N2O4.C5H5N/c1-7-8(5-9(6-12)11(14)15)3-2-4-10(7)13(16)17;1-2-4-6-5-3-1/h2-5H,1H3,(H,14,15);1-5H. The molecule has 2 rings (SSSR count). The number of aliphatic carboxylic acids is 1. The van der Waals surface area contributed by atoms with E-state index in [9.17, 15) is 14.9 Å². The van der Waals surface area contributed by atoms with Gasteiger partial charge in [-0.1, -0.05) is 18.2 Å². The minimum absolute atomic E-state index is 0.110. The largest absolute Gasteiger partial charge is 0.477 e. The summed E-state index contributed by atoms with van der Waals surface area (Å²) >= 11 is 0. The molecule has 0 atom stereocenters. The number of hydrogen-bond acceptors (Lipinski definition) is 5. The minimum Gasteiger partial charge on any atom is -0.477 e. The SMILES string of the molecule is Cc1c(C=C(C#N)C(=O)O)cccc1[N+](=O)[O-].c1ccncc1. The third-order valence-electron chi connectivity index (χ3n) is 2.76. The first kappa shape index (κ1) is 17.5. The van der Waals surface area contributed by atoms with Gasteiger partial charge in [0, 0.05) is 24.0 Å². The number of hydrogen-bond donors (Lipinski definition) is 1. The molecule has 1 aromatic carbocycles. The molecule has 1 heterocycles. The van der Waals surface area contributed by atoms with Gasteiger partial charge in [0.05, 0.1) is 4.92 Å². The normalized spacial score (nSPS) is 10.0. The monoisotopic (exact) mass is 311 g/mol. The molecule has 2 aromatic rings. The van der Waals surface area contributed by atoms with E-state index >= 15 is 0 Å². The molecule has 0 aliphatic heterocycles. The number of carboxylic acids is 1. The fraction of sp³-hybridized carbons (Fsp3) is 0.0625. The zero-order chi connectivity index (χ0) is 17.2. The van der Waals surface area contributed by atoms with Crippen molar-refractivity contribution >= 4 is 17.7 Å². The zero-order valence-electron chi connectivity index (χ0n) is 12.2. The fourth-order valence-electron chi connectivity index (χ4n) is 1.60. The molecule has 0 unspecified atom stereocenters. The molecule has 1 aromatic heterocycles. The van der Waals surface area contributed by atoms with Crippen molar-refractivity contribution in [2.45, 2.75) is 6.92 Å².